The summed E-state index contributed by atoms with van der Waals surface area (Å²) in [6, 6.07) is 10.7. The quantitative estimate of drug-likeness (QED) is 0.785. The molecule has 1 aromatic heterocycles. The predicted molar refractivity (Wildman–Crippen MR) is 93.8 cm³/mol. The molecule has 0 bridgehead atoms. The van der Waals surface area contributed by atoms with Crippen LogP contribution in [0.4, 0.5) is 0 Å². The Kier molecular flexibility index (Phi) is 5.34. The Morgan fingerprint density at radius 2 is 1.76 bits per heavy atom. The first-order valence-corrected chi connectivity index (χ1v) is 9.22. The van der Waals surface area contributed by atoms with Crippen molar-refractivity contribution >= 4 is 0 Å². The van der Waals surface area contributed by atoms with E-state index in [9.17, 15) is 0 Å². The molecule has 7 nitrogen and oxygen atoms in total. The molecule has 1 aromatic carbocycles. The second kappa shape index (κ2) is 8.03. The van der Waals surface area contributed by atoms with E-state index in [0.717, 1.165) is 71.1 Å². The molecule has 2 fully saturated rings. The number of rotatable bonds is 6. The molecule has 0 amide bonds. The summed E-state index contributed by atoms with van der Waals surface area (Å²) >= 11 is 0. The van der Waals surface area contributed by atoms with Gasteiger partial charge in [0.2, 0.25) is 0 Å². The fourth-order valence-corrected chi connectivity index (χ4v) is 3.61. The third kappa shape index (κ3) is 4.42. The molecular formula is C18H26N6O. The number of hydrogen-bond donors (Lipinski definition) is 0. The van der Waals surface area contributed by atoms with Crippen LogP contribution < -0.4 is 0 Å². The summed E-state index contributed by atoms with van der Waals surface area (Å²) in [6.07, 6.45) is 2.52. The van der Waals surface area contributed by atoms with Crippen molar-refractivity contribution in [3.05, 3.63) is 41.7 Å². The number of hydrogen-bond acceptors (Lipinski definition) is 6. The third-order valence-electron chi connectivity index (χ3n) is 5.09. The van der Waals surface area contributed by atoms with Crippen molar-refractivity contribution in [2.24, 2.45) is 0 Å². The van der Waals surface area contributed by atoms with E-state index in [2.05, 4.69) is 55.7 Å². The van der Waals surface area contributed by atoms with E-state index in [1.807, 2.05) is 4.68 Å². The van der Waals surface area contributed by atoms with Crippen molar-refractivity contribution in [2.45, 2.75) is 38.6 Å². The van der Waals surface area contributed by atoms with Crippen LogP contribution >= 0.6 is 0 Å². The van der Waals surface area contributed by atoms with Crippen molar-refractivity contribution in [1.82, 2.24) is 30.0 Å². The minimum absolute atomic E-state index is 0.268. The fourth-order valence-electron chi connectivity index (χ4n) is 3.61. The fraction of sp³-hybridized carbons (Fsp3) is 0.611. The highest BCUT2D eigenvalue weighted by Crippen LogP contribution is 2.15. The predicted octanol–water partition coefficient (Wildman–Crippen LogP) is 1.17. The van der Waals surface area contributed by atoms with Crippen LogP contribution in [0.2, 0.25) is 0 Å². The highest BCUT2D eigenvalue weighted by atomic mass is 16.5. The van der Waals surface area contributed by atoms with E-state index in [-0.39, 0.29) is 6.10 Å². The molecule has 0 unspecified atom stereocenters. The normalized spacial score (nSPS) is 22.5. The molecule has 0 aliphatic carbocycles. The second-order valence-corrected chi connectivity index (χ2v) is 6.95. The Morgan fingerprint density at radius 1 is 1.00 bits per heavy atom. The molecule has 3 heterocycles. The van der Waals surface area contributed by atoms with Crippen molar-refractivity contribution in [3.63, 3.8) is 0 Å². The lowest BCUT2D eigenvalue weighted by Crippen LogP contribution is -2.45. The summed E-state index contributed by atoms with van der Waals surface area (Å²) in [6.45, 7) is 7.77. The topological polar surface area (TPSA) is 59.3 Å². The summed E-state index contributed by atoms with van der Waals surface area (Å²) < 4.78 is 7.63. The van der Waals surface area contributed by atoms with Gasteiger partial charge < -0.3 is 4.74 Å². The van der Waals surface area contributed by atoms with Crippen LogP contribution in [0.3, 0.4) is 0 Å². The molecule has 25 heavy (non-hydrogen) atoms. The van der Waals surface area contributed by atoms with Crippen LogP contribution in [0.15, 0.2) is 30.3 Å². The Hall–Kier alpha value is -1.83. The van der Waals surface area contributed by atoms with Gasteiger partial charge in [0.1, 0.15) is 0 Å². The first kappa shape index (κ1) is 16.6. The van der Waals surface area contributed by atoms with Crippen LogP contribution in [-0.4, -0.2) is 68.9 Å². The molecule has 4 rings (SSSR count). The van der Waals surface area contributed by atoms with Crippen LogP contribution in [0.25, 0.3) is 0 Å². The van der Waals surface area contributed by atoms with Gasteiger partial charge in [-0.15, -0.1) is 5.10 Å². The van der Waals surface area contributed by atoms with Crippen molar-refractivity contribution in [1.29, 1.82) is 0 Å². The summed E-state index contributed by atoms with van der Waals surface area (Å²) in [5, 5.41) is 12.3. The number of nitrogens with zero attached hydrogens (tertiary/aromatic N) is 6. The standard InChI is InChI=1S/C18H26N6O/c1-2-5-16(6-3-1)13-22-8-10-23(11-9-22)15-18-19-20-21-24(18)14-17-7-4-12-25-17/h1-3,5-6,17H,4,7-15H2/t17-/m1/s1. The van der Waals surface area contributed by atoms with E-state index < -0.39 is 0 Å². The molecule has 7 heteroatoms. The van der Waals surface area contributed by atoms with Crippen LogP contribution in [0, 0.1) is 0 Å². The molecule has 0 saturated carbocycles. The summed E-state index contributed by atoms with van der Waals surface area (Å²) in [5.41, 5.74) is 1.39. The van der Waals surface area contributed by atoms with E-state index in [1.165, 1.54) is 5.56 Å². The maximum atomic E-state index is 5.71. The Morgan fingerprint density at radius 3 is 2.48 bits per heavy atom. The SMILES string of the molecule is c1ccc(CN2CCN(Cc3nnnn3C[C@H]3CCCO3)CC2)cc1. The number of ether oxygens (including phenoxy) is 1. The lowest BCUT2D eigenvalue weighted by atomic mass is 10.2. The lowest BCUT2D eigenvalue weighted by molar-refractivity contribution is 0.0892. The molecule has 2 aliphatic rings. The van der Waals surface area contributed by atoms with Crippen molar-refractivity contribution in [3.8, 4) is 0 Å². The molecular weight excluding hydrogens is 316 g/mol. The molecule has 2 aliphatic heterocycles. The van der Waals surface area contributed by atoms with Crippen LogP contribution in [0.1, 0.15) is 24.2 Å². The molecule has 2 aromatic rings. The third-order valence-corrected chi connectivity index (χ3v) is 5.09. The average molecular weight is 342 g/mol. The Labute approximate surface area is 148 Å². The second-order valence-electron chi connectivity index (χ2n) is 6.95. The number of tetrazole rings is 1. The van der Waals surface area contributed by atoms with Gasteiger partial charge in [0.05, 0.1) is 19.2 Å². The van der Waals surface area contributed by atoms with Gasteiger partial charge in [-0.3, -0.25) is 9.80 Å². The summed E-state index contributed by atoms with van der Waals surface area (Å²) in [7, 11) is 0. The minimum Gasteiger partial charge on any atom is -0.376 e. The van der Waals surface area contributed by atoms with Gasteiger partial charge >= 0.3 is 0 Å². The van der Waals surface area contributed by atoms with Crippen LogP contribution in [0.5, 0.6) is 0 Å². The smallest absolute Gasteiger partial charge is 0.165 e. The Balaban J connectivity index is 1.27. The van der Waals surface area contributed by atoms with Crippen molar-refractivity contribution in [2.75, 3.05) is 32.8 Å². The largest absolute Gasteiger partial charge is 0.376 e. The number of aromatic nitrogens is 4. The number of piperazine rings is 1. The Bertz CT molecular complexity index is 647. The molecule has 2 saturated heterocycles. The highest BCUT2D eigenvalue weighted by Gasteiger charge is 2.22. The minimum atomic E-state index is 0.268. The monoisotopic (exact) mass is 342 g/mol. The molecule has 0 spiro atoms. The maximum absolute atomic E-state index is 5.71. The highest BCUT2D eigenvalue weighted by molar-refractivity contribution is 5.14. The van der Waals surface area contributed by atoms with Gasteiger partial charge in [-0.25, -0.2) is 4.68 Å². The van der Waals surface area contributed by atoms with E-state index in [4.69, 9.17) is 4.74 Å². The van der Waals surface area contributed by atoms with Crippen molar-refractivity contribution < 1.29 is 4.74 Å². The lowest BCUT2D eigenvalue weighted by Gasteiger charge is -2.34. The first-order chi connectivity index (χ1) is 12.4. The van der Waals surface area contributed by atoms with Gasteiger partial charge in [-0.2, -0.15) is 0 Å². The average Bonchev–Trinajstić information content (AvgIpc) is 3.31. The van der Waals surface area contributed by atoms with E-state index in [0.29, 0.717) is 0 Å². The van der Waals surface area contributed by atoms with Gasteiger partial charge in [-0.1, -0.05) is 30.3 Å². The zero-order valence-corrected chi connectivity index (χ0v) is 14.6. The molecule has 134 valence electrons. The maximum Gasteiger partial charge on any atom is 0.165 e. The molecule has 0 N–H and O–H groups in total. The molecule has 0 radical (unpaired) electrons. The first-order valence-electron chi connectivity index (χ1n) is 9.22. The van der Waals surface area contributed by atoms with E-state index in [1.54, 1.807) is 0 Å². The summed E-state index contributed by atoms with van der Waals surface area (Å²) in [5.74, 6) is 0.951. The summed E-state index contributed by atoms with van der Waals surface area (Å²) in [4.78, 5) is 4.96. The van der Waals surface area contributed by atoms with E-state index >= 15 is 0 Å². The van der Waals surface area contributed by atoms with Crippen LogP contribution in [-0.2, 0) is 24.4 Å². The number of benzene rings is 1. The van der Waals surface area contributed by atoms with Gasteiger partial charge in [0.15, 0.2) is 5.82 Å². The van der Waals surface area contributed by atoms with Gasteiger partial charge in [0, 0.05) is 39.3 Å². The van der Waals surface area contributed by atoms with Gasteiger partial charge in [-0.05, 0) is 28.8 Å². The van der Waals surface area contributed by atoms with Gasteiger partial charge in [0.25, 0.3) is 0 Å². The molecule has 1 atom stereocenters. The zero-order chi connectivity index (χ0) is 16.9. The zero-order valence-electron chi connectivity index (χ0n) is 14.6.